The van der Waals surface area contributed by atoms with Gasteiger partial charge in [0.1, 0.15) is 67.7 Å². The van der Waals surface area contributed by atoms with Crippen LogP contribution in [0, 0.1) is 0 Å². The molecule has 0 aliphatic carbocycles. The Balaban J connectivity index is 0.919. The Kier molecular flexibility index (Phi) is 9.36. The van der Waals surface area contributed by atoms with Gasteiger partial charge in [-0.25, -0.2) is 0 Å². The molecular weight excluding hydrogens is 556 g/mol. The Morgan fingerprint density at radius 1 is 0.591 bits per heavy atom. The van der Waals surface area contributed by atoms with E-state index >= 15 is 0 Å². The summed E-state index contributed by atoms with van der Waals surface area (Å²) in [6.07, 6.45) is 0.554. The van der Waals surface area contributed by atoms with Gasteiger partial charge in [0.05, 0.1) is 13.2 Å². The molecule has 3 atom stereocenters. The maximum Gasteiger partial charge on any atom is 0.122 e. The van der Waals surface area contributed by atoms with Crippen LogP contribution in [0.4, 0.5) is 0 Å². The zero-order chi connectivity index (χ0) is 30.4. The van der Waals surface area contributed by atoms with Gasteiger partial charge in [0.2, 0.25) is 0 Å². The number of benzene rings is 4. The molecule has 1 N–H and O–H groups in total. The molecule has 3 unspecified atom stereocenters. The Morgan fingerprint density at radius 3 is 1.30 bits per heavy atom. The number of hydrogen-bond donors (Lipinski definition) is 1. The summed E-state index contributed by atoms with van der Waals surface area (Å²) in [5.74, 6) is 3.13. The van der Waals surface area contributed by atoms with Crippen LogP contribution in [0.15, 0.2) is 97.1 Å². The summed E-state index contributed by atoms with van der Waals surface area (Å²) in [7, 11) is 0. The van der Waals surface area contributed by atoms with Crippen LogP contribution in [-0.4, -0.2) is 63.1 Å². The Morgan fingerprint density at radius 2 is 0.932 bits per heavy atom. The maximum absolute atomic E-state index is 10.5. The van der Waals surface area contributed by atoms with Crippen LogP contribution in [0.5, 0.6) is 23.0 Å². The van der Waals surface area contributed by atoms with Crippen molar-refractivity contribution in [3.8, 4) is 23.0 Å². The number of hydrogen-bond acceptors (Lipinski definition) is 7. The normalized spacial score (nSPS) is 17.9. The molecule has 0 aromatic heterocycles. The van der Waals surface area contributed by atoms with Gasteiger partial charge >= 0.3 is 0 Å². The predicted octanol–water partition coefficient (Wildman–Crippen LogP) is 5.98. The summed E-state index contributed by atoms with van der Waals surface area (Å²) in [4.78, 5) is 0. The first-order valence-corrected chi connectivity index (χ1v) is 15.2. The summed E-state index contributed by atoms with van der Waals surface area (Å²) in [6.45, 7) is 7.47. The number of ether oxygens (including phenoxy) is 6. The molecule has 230 valence electrons. The molecule has 44 heavy (non-hydrogen) atoms. The third kappa shape index (κ3) is 8.53. The van der Waals surface area contributed by atoms with E-state index in [0.717, 1.165) is 31.1 Å². The molecule has 2 aliphatic heterocycles. The molecule has 4 aromatic carbocycles. The van der Waals surface area contributed by atoms with E-state index in [1.54, 1.807) is 0 Å². The number of epoxide rings is 2. The molecule has 0 bridgehead atoms. The lowest BCUT2D eigenvalue weighted by atomic mass is 9.78. The quantitative estimate of drug-likeness (QED) is 0.160. The fourth-order valence-electron chi connectivity index (χ4n) is 4.88. The van der Waals surface area contributed by atoms with E-state index in [-0.39, 0.29) is 30.8 Å². The summed E-state index contributed by atoms with van der Waals surface area (Å²) in [5, 5.41) is 10.5. The number of aliphatic hydroxyl groups excluding tert-OH is 1. The van der Waals surface area contributed by atoms with Crippen molar-refractivity contribution in [2.24, 2.45) is 0 Å². The van der Waals surface area contributed by atoms with Gasteiger partial charge in [-0.15, -0.1) is 0 Å². The zero-order valence-electron chi connectivity index (χ0n) is 25.3. The van der Waals surface area contributed by atoms with E-state index in [1.807, 2.05) is 60.7 Å². The Bertz CT molecular complexity index is 1460. The second-order valence-corrected chi connectivity index (χ2v) is 11.9. The smallest absolute Gasteiger partial charge is 0.122 e. The predicted molar refractivity (Wildman–Crippen MR) is 168 cm³/mol. The lowest BCUT2D eigenvalue weighted by Gasteiger charge is -2.26. The molecule has 0 radical (unpaired) electrons. The van der Waals surface area contributed by atoms with Crippen LogP contribution < -0.4 is 18.9 Å². The second-order valence-electron chi connectivity index (χ2n) is 11.9. The first-order chi connectivity index (χ1) is 21.4. The molecule has 2 aliphatic rings. The van der Waals surface area contributed by atoms with Gasteiger partial charge in [0.25, 0.3) is 0 Å². The van der Waals surface area contributed by atoms with Crippen molar-refractivity contribution in [1.82, 2.24) is 0 Å². The highest BCUT2D eigenvalue weighted by atomic mass is 16.6. The van der Waals surface area contributed by atoms with E-state index in [0.29, 0.717) is 24.7 Å². The molecule has 7 heteroatoms. The summed E-state index contributed by atoms with van der Waals surface area (Å²) >= 11 is 0. The third-order valence-electron chi connectivity index (χ3n) is 7.97. The van der Waals surface area contributed by atoms with Crippen LogP contribution in [0.25, 0.3) is 0 Å². The molecular formula is C37H40O7. The highest BCUT2D eigenvalue weighted by Crippen LogP contribution is 2.33. The molecule has 7 nitrogen and oxygen atoms in total. The van der Waals surface area contributed by atoms with E-state index in [1.165, 1.54) is 22.3 Å². The largest absolute Gasteiger partial charge is 0.491 e. The minimum atomic E-state index is -0.759. The Labute approximate surface area is 259 Å². The maximum atomic E-state index is 10.5. The van der Waals surface area contributed by atoms with E-state index in [4.69, 9.17) is 28.4 Å². The molecule has 4 aromatic rings. The van der Waals surface area contributed by atoms with Gasteiger partial charge in [0, 0.05) is 5.41 Å². The average molecular weight is 597 g/mol. The fourth-order valence-corrected chi connectivity index (χ4v) is 4.88. The summed E-state index contributed by atoms with van der Waals surface area (Å²) in [5.41, 5.74) is 4.56. The van der Waals surface area contributed by atoms with Crippen molar-refractivity contribution in [1.29, 1.82) is 0 Å². The first kappa shape index (κ1) is 30.0. The molecule has 6 rings (SSSR count). The van der Waals surface area contributed by atoms with Crippen LogP contribution >= 0.6 is 0 Å². The molecule has 2 saturated heterocycles. The van der Waals surface area contributed by atoms with Gasteiger partial charge in [-0.1, -0.05) is 62.4 Å². The first-order valence-electron chi connectivity index (χ1n) is 15.2. The standard InChI is InChI=1S/C37H40O7/c1-37(2,29-9-17-34(18-10-29)42-23-36-25-44-36)28-7-15-33(16-8-28)40-21-30(38)20-39-31-11-3-26(4-12-31)19-27-5-13-32(14-6-27)41-22-35-24-43-35/h3-18,30,35-36,38H,19-25H2,1-2H3. The van der Waals surface area contributed by atoms with Crippen molar-refractivity contribution in [2.75, 3.05) is 39.6 Å². The van der Waals surface area contributed by atoms with Gasteiger partial charge < -0.3 is 33.5 Å². The SMILES string of the molecule is CC(C)(c1ccc(OCC(O)COc2ccc(Cc3ccc(OCC4CO4)cc3)cc2)cc1)c1ccc(OCC2CO2)cc1. The van der Waals surface area contributed by atoms with Gasteiger partial charge in [0.15, 0.2) is 0 Å². The minimum absolute atomic E-state index is 0.140. The van der Waals surface area contributed by atoms with E-state index in [2.05, 4.69) is 50.2 Å². The fraction of sp³-hybridized carbons (Fsp3) is 0.351. The van der Waals surface area contributed by atoms with Crippen LogP contribution in [0.3, 0.4) is 0 Å². The molecule has 0 amide bonds. The molecule has 0 saturated carbocycles. The monoisotopic (exact) mass is 596 g/mol. The molecule has 2 heterocycles. The highest BCUT2D eigenvalue weighted by Gasteiger charge is 2.25. The zero-order valence-corrected chi connectivity index (χ0v) is 25.3. The summed E-state index contributed by atoms with van der Waals surface area (Å²) < 4.78 is 33.5. The van der Waals surface area contributed by atoms with Crippen molar-refractivity contribution >= 4 is 0 Å². The summed E-state index contributed by atoms with van der Waals surface area (Å²) in [6, 6.07) is 32.4. The van der Waals surface area contributed by atoms with Crippen molar-refractivity contribution in [3.05, 3.63) is 119 Å². The lowest BCUT2D eigenvalue weighted by molar-refractivity contribution is 0.0626. The molecule has 0 spiro atoms. The highest BCUT2D eigenvalue weighted by molar-refractivity contribution is 5.42. The minimum Gasteiger partial charge on any atom is -0.491 e. The van der Waals surface area contributed by atoms with Crippen molar-refractivity contribution in [2.45, 2.75) is 44.0 Å². The van der Waals surface area contributed by atoms with Gasteiger partial charge in [-0.2, -0.15) is 0 Å². The second kappa shape index (κ2) is 13.7. The number of rotatable bonds is 16. The number of aliphatic hydroxyl groups is 1. The van der Waals surface area contributed by atoms with Gasteiger partial charge in [-0.05, 0) is 77.2 Å². The lowest BCUT2D eigenvalue weighted by Crippen LogP contribution is -2.25. The van der Waals surface area contributed by atoms with Crippen molar-refractivity contribution < 1.29 is 33.5 Å². The molecule has 2 fully saturated rings. The van der Waals surface area contributed by atoms with E-state index < -0.39 is 6.10 Å². The van der Waals surface area contributed by atoms with Crippen LogP contribution in [0.2, 0.25) is 0 Å². The topological polar surface area (TPSA) is 82.2 Å². The Hall–Kier alpha value is -4.04. The van der Waals surface area contributed by atoms with E-state index in [9.17, 15) is 5.11 Å². The van der Waals surface area contributed by atoms with Gasteiger partial charge in [-0.3, -0.25) is 0 Å². The van der Waals surface area contributed by atoms with Crippen LogP contribution in [-0.2, 0) is 21.3 Å². The van der Waals surface area contributed by atoms with Crippen LogP contribution in [0.1, 0.15) is 36.1 Å². The third-order valence-corrected chi connectivity index (χ3v) is 7.97. The van der Waals surface area contributed by atoms with Crippen molar-refractivity contribution in [3.63, 3.8) is 0 Å². The average Bonchev–Trinajstić information content (AvgIpc) is 3.99.